The van der Waals surface area contributed by atoms with Crippen molar-refractivity contribution in [1.82, 2.24) is 0 Å². The monoisotopic (exact) mass is 401 g/mol. The minimum atomic E-state index is -3.92. The second-order valence-electron chi connectivity index (χ2n) is 6.02. The van der Waals surface area contributed by atoms with Crippen LogP contribution in [-0.4, -0.2) is 22.6 Å². The van der Waals surface area contributed by atoms with Crippen LogP contribution in [0.1, 0.15) is 5.56 Å². The van der Waals surface area contributed by atoms with Crippen molar-refractivity contribution in [1.29, 1.82) is 0 Å². The molecule has 3 aromatic rings. The molecule has 3 rings (SSSR count). The Kier molecular flexibility index (Phi) is 5.84. The Bertz CT molecular complexity index is 1020. The first kappa shape index (κ1) is 19.7. The molecule has 0 N–H and O–H groups in total. The maximum atomic E-state index is 13.3. The molecule has 0 aliphatic carbocycles. The number of anilines is 1. The van der Waals surface area contributed by atoms with Crippen molar-refractivity contribution in [2.24, 2.45) is 0 Å². The first-order chi connectivity index (χ1) is 13.4. The molecule has 0 saturated carbocycles. The Morgan fingerprint density at radius 3 is 1.96 bits per heavy atom. The van der Waals surface area contributed by atoms with Crippen LogP contribution in [0.2, 0.25) is 0 Å². The normalized spacial score (nSPS) is 11.1. The largest absolute Gasteiger partial charge is 0.497 e. The van der Waals surface area contributed by atoms with Crippen molar-refractivity contribution >= 4 is 15.7 Å². The van der Waals surface area contributed by atoms with Crippen LogP contribution in [0.15, 0.2) is 77.7 Å². The lowest BCUT2D eigenvalue weighted by Gasteiger charge is -2.25. The molecule has 28 heavy (non-hydrogen) atoms. The third-order valence-corrected chi connectivity index (χ3v) is 5.97. The zero-order valence-corrected chi connectivity index (χ0v) is 16.3. The highest BCUT2D eigenvalue weighted by molar-refractivity contribution is 7.92. The lowest BCUT2D eigenvalue weighted by atomic mass is 10.2. The topological polar surface area (TPSA) is 55.8 Å². The number of para-hydroxylation sites is 1. The minimum Gasteiger partial charge on any atom is -0.497 e. The second kappa shape index (κ2) is 8.31. The fourth-order valence-corrected chi connectivity index (χ4v) is 4.22. The minimum absolute atomic E-state index is 0.00705. The highest BCUT2D eigenvalue weighted by Gasteiger charge is 2.25. The van der Waals surface area contributed by atoms with Crippen LogP contribution >= 0.6 is 0 Å². The quantitative estimate of drug-likeness (QED) is 0.594. The molecular weight excluding hydrogens is 381 g/mol. The SMILES string of the molecule is COc1cc(CN(c2ccccc2)S(=O)(=O)c2ccc(F)cc2)cc(OC)c1. The maximum absolute atomic E-state index is 13.3. The Morgan fingerprint density at radius 1 is 0.857 bits per heavy atom. The predicted octanol–water partition coefficient (Wildman–Crippen LogP) is 4.24. The van der Waals surface area contributed by atoms with Crippen LogP contribution < -0.4 is 13.8 Å². The number of ether oxygens (including phenoxy) is 2. The Hall–Kier alpha value is -3.06. The van der Waals surface area contributed by atoms with Crippen LogP contribution in [0.25, 0.3) is 0 Å². The van der Waals surface area contributed by atoms with Gasteiger partial charge in [-0.2, -0.15) is 0 Å². The van der Waals surface area contributed by atoms with E-state index in [2.05, 4.69) is 0 Å². The molecule has 0 fully saturated rings. The molecule has 0 aliphatic heterocycles. The number of hydrogen-bond acceptors (Lipinski definition) is 4. The number of benzene rings is 3. The van der Waals surface area contributed by atoms with Crippen molar-refractivity contribution in [3.8, 4) is 11.5 Å². The van der Waals surface area contributed by atoms with Gasteiger partial charge in [0.15, 0.2) is 0 Å². The van der Waals surface area contributed by atoms with Gasteiger partial charge in [0.1, 0.15) is 17.3 Å². The number of methoxy groups -OCH3 is 2. The third kappa shape index (κ3) is 4.26. The molecule has 0 bridgehead atoms. The van der Waals surface area contributed by atoms with E-state index in [-0.39, 0.29) is 11.4 Å². The van der Waals surface area contributed by atoms with Crippen LogP contribution in [0.4, 0.5) is 10.1 Å². The lowest BCUT2D eigenvalue weighted by Crippen LogP contribution is -2.30. The maximum Gasteiger partial charge on any atom is 0.264 e. The highest BCUT2D eigenvalue weighted by Crippen LogP contribution is 2.29. The molecule has 0 spiro atoms. The van der Waals surface area contributed by atoms with Crippen LogP contribution in [0.3, 0.4) is 0 Å². The van der Waals surface area contributed by atoms with E-state index < -0.39 is 15.8 Å². The fraction of sp³-hybridized carbons (Fsp3) is 0.143. The summed E-state index contributed by atoms with van der Waals surface area (Å²) in [5, 5.41) is 0. The number of nitrogens with zero attached hydrogens (tertiary/aromatic N) is 1. The first-order valence-electron chi connectivity index (χ1n) is 8.49. The Balaban J connectivity index is 2.07. The smallest absolute Gasteiger partial charge is 0.264 e. The number of halogens is 1. The summed E-state index contributed by atoms with van der Waals surface area (Å²) >= 11 is 0. The van der Waals surface area contributed by atoms with Gasteiger partial charge in [-0.3, -0.25) is 4.31 Å². The molecule has 0 aromatic heterocycles. The van der Waals surface area contributed by atoms with E-state index in [0.717, 1.165) is 12.1 Å². The average Bonchev–Trinajstić information content (AvgIpc) is 2.72. The molecule has 7 heteroatoms. The van der Waals surface area contributed by atoms with Gasteiger partial charge in [-0.25, -0.2) is 12.8 Å². The first-order valence-corrected chi connectivity index (χ1v) is 9.93. The van der Waals surface area contributed by atoms with Crippen molar-refractivity contribution in [3.63, 3.8) is 0 Å². The Morgan fingerprint density at radius 2 is 1.43 bits per heavy atom. The van der Waals surface area contributed by atoms with Crippen molar-refractivity contribution < 1.29 is 22.3 Å². The third-order valence-electron chi connectivity index (χ3n) is 4.18. The lowest BCUT2D eigenvalue weighted by molar-refractivity contribution is 0.393. The van der Waals surface area contributed by atoms with Gasteiger partial charge >= 0.3 is 0 Å². The molecule has 0 amide bonds. The predicted molar refractivity (Wildman–Crippen MR) is 106 cm³/mol. The molecule has 3 aromatic carbocycles. The standard InChI is InChI=1S/C21H20FNO4S/c1-26-19-12-16(13-20(14-19)27-2)15-23(18-6-4-3-5-7-18)28(24,25)21-10-8-17(22)9-11-21/h3-14H,15H2,1-2H3. The van der Waals surface area contributed by atoms with Gasteiger partial charge in [-0.1, -0.05) is 18.2 Å². The van der Waals surface area contributed by atoms with E-state index in [1.54, 1.807) is 48.5 Å². The fourth-order valence-electron chi connectivity index (χ4n) is 2.77. The van der Waals surface area contributed by atoms with E-state index in [1.807, 2.05) is 0 Å². The van der Waals surface area contributed by atoms with Crippen LogP contribution in [0.5, 0.6) is 11.5 Å². The summed E-state index contributed by atoms with van der Waals surface area (Å²) in [6.45, 7) is 0.0529. The molecule has 5 nitrogen and oxygen atoms in total. The van der Waals surface area contributed by atoms with E-state index in [1.165, 1.54) is 30.7 Å². The number of rotatable bonds is 7. The van der Waals surface area contributed by atoms with Gasteiger partial charge in [0.05, 0.1) is 31.3 Å². The van der Waals surface area contributed by atoms with Crippen LogP contribution in [-0.2, 0) is 16.6 Å². The molecule has 0 radical (unpaired) electrons. The molecule has 0 aliphatic rings. The summed E-state index contributed by atoms with van der Waals surface area (Å²) < 4.78 is 51.7. The van der Waals surface area contributed by atoms with Gasteiger partial charge in [0, 0.05) is 6.07 Å². The van der Waals surface area contributed by atoms with Crippen molar-refractivity contribution in [2.45, 2.75) is 11.4 Å². The van der Waals surface area contributed by atoms with Crippen molar-refractivity contribution in [3.05, 3.63) is 84.2 Å². The molecular formula is C21H20FNO4S. The summed E-state index contributed by atoms with van der Waals surface area (Å²) in [6, 6.07) is 18.7. The average molecular weight is 401 g/mol. The van der Waals surface area contributed by atoms with E-state index in [4.69, 9.17) is 9.47 Å². The summed E-state index contributed by atoms with van der Waals surface area (Å²) in [6.07, 6.45) is 0. The van der Waals surface area contributed by atoms with Gasteiger partial charge < -0.3 is 9.47 Å². The summed E-state index contributed by atoms with van der Waals surface area (Å²) in [7, 11) is -0.862. The van der Waals surface area contributed by atoms with Gasteiger partial charge in [0.25, 0.3) is 10.0 Å². The van der Waals surface area contributed by atoms with Crippen LogP contribution in [0, 0.1) is 5.82 Å². The zero-order valence-electron chi connectivity index (χ0n) is 15.5. The molecule has 146 valence electrons. The van der Waals surface area contributed by atoms with Gasteiger partial charge in [0.2, 0.25) is 0 Å². The molecule has 0 saturated heterocycles. The Labute approximate surface area is 164 Å². The van der Waals surface area contributed by atoms with E-state index >= 15 is 0 Å². The highest BCUT2D eigenvalue weighted by atomic mass is 32.2. The van der Waals surface area contributed by atoms with E-state index in [0.29, 0.717) is 22.7 Å². The zero-order chi connectivity index (χ0) is 20.1. The molecule has 0 heterocycles. The van der Waals surface area contributed by atoms with E-state index in [9.17, 15) is 12.8 Å². The molecule has 0 atom stereocenters. The number of hydrogen-bond donors (Lipinski definition) is 0. The van der Waals surface area contributed by atoms with Crippen molar-refractivity contribution in [2.75, 3.05) is 18.5 Å². The molecule has 0 unspecified atom stereocenters. The second-order valence-corrected chi connectivity index (χ2v) is 7.88. The van der Waals surface area contributed by atoms with Gasteiger partial charge in [-0.05, 0) is 54.1 Å². The summed E-state index contributed by atoms with van der Waals surface area (Å²) in [4.78, 5) is 0.00705. The summed E-state index contributed by atoms with van der Waals surface area (Å²) in [5.74, 6) is 0.617. The number of sulfonamides is 1. The van der Waals surface area contributed by atoms with Gasteiger partial charge in [-0.15, -0.1) is 0 Å². The summed E-state index contributed by atoms with van der Waals surface area (Å²) in [5.41, 5.74) is 1.18.